The SMILES string of the molecule is CC(C)(C)c1cc(CSC2CCCCCCC2SCc2cc(C(C)(C)C)cc(C3(C)CCCCC3)c2O)c(O)c(C2(C)CCCCC2)c1.CC(C)(C)c1cc(CSC2CCCCCCC2SCc2cc(C(C)(C)C)cc(C3CCCCC3)c2O)c(O)c(C2CCCCC2)c1.Oc1c(CSC2CCCCCCC2SCc2cc(C3CCCCC3)cc(C3CCCCC3)c2O)cc(C2CCCCC2)cc1C1CCCCC1. The fourth-order valence-corrected chi connectivity index (χ4v) is 36.8. The third-order valence-corrected chi connectivity index (χ3v) is 46.8. The number of phenols is 6. The molecule has 0 radical (unpaired) electrons. The highest BCUT2D eigenvalue weighted by atomic mass is 32.2. The number of benzene rings is 6. The van der Waals surface area contributed by atoms with Gasteiger partial charge in [0.15, 0.2) is 0 Å². The van der Waals surface area contributed by atoms with E-state index in [2.05, 4.69) is 240 Å². The van der Waals surface area contributed by atoms with Gasteiger partial charge in [-0.2, -0.15) is 70.6 Å². The van der Waals surface area contributed by atoms with Crippen LogP contribution in [0.3, 0.4) is 0 Å². The number of hydrogen-bond acceptors (Lipinski definition) is 12. The van der Waals surface area contributed by atoms with Crippen molar-refractivity contribution < 1.29 is 30.6 Å². The van der Waals surface area contributed by atoms with Crippen molar-refractivity contribution in [1.29, 1.82) is 0 Å². The Kier molecular flexibility index (Phi) is 42.7. The molecule has 17 rings (SSSR count). The van der Waals surface area contributed by atoms with Gasteiger partial charge in [-0.3, -0.25) is 0 Å². The lowest BCUT2D eigenvalue weighted by atomic mass is 9.69. The predicted octanol–water partition coefficient (Wildman–Crippen LogP) is 41.0. The zero-order valence-corrected chi connectivity index (χ0v) is 98.1. The average Bonchev–Trinajstić information content (AvgIpc) is 0.766. The Hall–Kier alpha value is -3.78. The molecule has 800 valence electrons. The van der Waals surface area contributed by atoms with Crippen LogP contribution < -0.4 is 0 Å². The third-order valence-electron chi connectivity index (χ3n) is 37.5. The van der Waals surface area contributed by atoms with E-state index in [0.717, 1.165) is 56.8 Å². The van der Waals surface area contributed by atoms with Crippen LogP contribution in [0.15, 0.2) is 72.8 Å². The number of hydrogen-bond donors (Lipinski definition) is 6. The highest BCUT2D eigenvalue weighted by Gasteiger charge is 2.40. The standard InChI is InChI=1S/C46H68O2S2.C44H68O2S2.C42H64O2S2/c47-45-39(27-37(33-17-7-3-8-18-33)29-41(45)35-21-11-5-12-22-35)31-49-43-25-15-1-2-16-26-44(43)50-32-40-28-38(34-19-9-4-10-20-34)30-42(46(40)48)36-23-13-6-14-24-36;1-41(2,3)33-25-31(39(45)35(27-33)43(7)21-15-11-16-22-43)29-47-37-19-13-9-10-14-20-38(37)48-30-32-26-34(42(4,5)6)28-36(40(32)46)44(8)23-17-12-18-24-44;1-41(2,3)33-23-31(39(43)35(25-33)29-17-11-9-12-18-29)27-45-37-21-15-7-8-16-22-38(37)46-28-32-24-34(42(4,5)6)26-36(40(32)44)30-19-13-10-14-20-30/h27-30,33-36,43-44,47-48H,1-26,31-32H2;25-28,37-38,45-46H,9-24,29-30H2,1-8H3;23-26,29-30,37-38,43-44H,7-22,27-28H2,1-6H3. The number of thioether (sulfide) groups is 6. The molecular formula is C132H200O6S6. The van der Waals surface area contributed by atoms with Crippen molar-refractivity contribution >= 4 is 70.6 Å². The average molecular weight is 2080 g/mol. The first-order valence-corrected chi connectivity index (χ1v) is 66.3. The summed E-state index contributed by atoms with van der Waals surface area (Å²) in [5.74, 6) is 12.4. The lowest BCUT2D eigenvalue weighted by molar-refractivity contribution is 0.307. The quantitative estimate of drug-likeness (QED) is 0.0310. The highest BCUT2D eigenvalue weighted by Crippen LogP contribution is 2.56. The van der Waals surface area contributed by atoms with Crippen LogP contribution in [0.1, 0.15) is 605 Å². The molecule has 0 bridgehead atoms. The molecule has 0 saturated heterocycles. The number of phenolic OH excluding ortho intramolecular Hbond substituents is 6. The van der Waals surface area contributed by atoms with Crippen molar-refractivity contribution in [1.82, 2.24) is 0 Å². The molecule has 6 atom stereocenters. The van der Waals surface area contributed by atoms with E-state index in [1.54, 1.807) is 0 Å². The van der Waals surface area contributed by atoms with E-state index in [1.807, 2.05) is 0 Å². The molecule has 0 aromatic heterocycles. The van der Waals surface area contributed by atoms with Crippen LogP contribution in [0.2, 0.25) is 0 Å². The Morgan fingerprint density at radius 3 is 0.597 bits per heavy atom. The lowest BCUT2D eigenvalue weighted by Gasteiger charge is -2.37. The minimum absolute atomic E-state index is 0.0443. The summed E-state index contributed by atoms with van der Waals surface area (Å²) >= 11 is 12.7. The van der Waals surface area contributed by atoms with Gasteiger partial charge in [-0.1, -0.05) is 401 Å². The predicted molar refractivity (Wildman–Crippen MR) is 633 cm³/mol. The van der Waals surface area contributed by atoms with Gasteiger partial charge in [0.05, 0.1) is 0 Å². The van der Waals surface area contributed by atoms with E-state index < -0.39 is 0 Å². The first kappa shape index (κ1) is 114. The first-order valence-electron chi connectivity index (χ1n) is 60.0. The van der Waals surface area contributed by atoms with E-state index in [9.17, 15) is 30.6 Å². The molecule has 6 unspecified atom stereocenters. The second-order valence-corrected chi connectivity index (χ2v) is 60.1. The zero-order chi connectivity index (χ0) is 102. The molecule has 11 aliphatic carbocycles. The van der Waals surface area contributed by atoms with Crippen LogP contribution >= 0.6 is 70.6 Å². The van der Waals surface area contributed by atoms with Crippen molar-refractivity contribution in [3.8, 4) is 34.5 Å². The summed E-state index contributed by atoms with van der Waals surface area (Å²) in [6.45, 7) is 32.6. The lowest BCUT2D eigenvalue weighted by Crippen LogP contribution is -2.27. The van der Waals surface area contributed by atoms with Crippen molar-refractivity contribution in [2.75, 3.05) is 0 Å². The largest absolute Gasteiger partial charge is 0.507 e. The van der Waals surface area contributed by atoms with Crippen molar-refractivity contribution in [2.45, 2.75) is 603 Å². The molecule has 6 aromatic rings. The maximum absolute atomic E-state index is 11.9. The minimum atomic E-state index is 0.0443. The fourth-order valence-electron chi connectivity index (χ4n) is 27.6. The minimum Gasteiger partial charge on any atom is -0.507 e. The second-order valence-electron chi connectivity index (χ2n) is 52.8. The van der Waals surface area contributed by atoms with E-state index in [1.165, 1.54) is 450 Å². The molecule has 0 heterocycles. The third kappa shape index (κ3) is 31.1. The Morgan fingerprint density at radius 2 is 0.375 bits per heavy atom. The van der Waals surface area contributed by atoms with Crippen LogP contribution in [-0.2, 0) is 67.0 Å². The first-order chi connectivity index (χ1) is 69.2. The zero-order valence-electron chi connectivity index (χ0n) is 93.2. The molecule has 11 saturated carbocycles. The van der Waals surface area contributed by atoms with Crippen LogP contribution in [0.25, 0.3) is 0 Å². The van der Waals surface area contributed by atoms with Gasteiger partial charge in [-0.15, -0.1) is 0 Å². The molecule has 11 fully saturated rings. The number of rotatable bonds is 26. The van der Waals surface area contributed by atoms with Gasteiger partial charge in [0.2, 0.25) is 0 Å². The summed E-state index contributed by atoms with van der Waals surface area (Å²) in [4.78, 5) is 0. The van der Waals surface area contributed by atoms with Gasteiger partial charge in [-0.05, 0) is 265 Å². The smallest absolute Gasteiger partial charge is 0.123 e. The monoisotopic (exact) mass is 2070 g/mol. The Bertz CT molecular complexity index is 4660. The molecule has 6 nitrogen and oxygen atoms in total. The molecule has 0 spiro atoms. The Balaban J connectivity index is 0.000000163. The molecule has 0 aliphatic heterocycles. The Labute approximate surface area is 904 Å². The molecule has 6 aromatic carbocycles. The van der Waals surface area contributed by atoms with Crippen LogP contribution in [-0.4, -0.2) is 62.1 Å². The van der Waals surface area contributed by atoms with Gasteiger partial charge in [0, 0.05) is 111 Å². The molecular weight excluding hydrogens is 1870 g/mol. The molecule has 6 N–H and O–H groups in total. The van der Waals surface area contributed by atoms with E-state index >= 15 is 0 Å². The van der Waals surface area contributed by atoms with Crippen molar-refractivity contribution in [2.24, 2.45) is 0 Å². The van der Waals surface area contributed by atoms with Crippen LogP contribution in [0.5, 0.6) is 34.5 Å². The van der Waals surface area contributed by atoms with Gasteiger partial charge >= 0.3 is 0 Å². The molecule has 12 heteroatoms. The van der Waals surface area contributed by atoms with Gasteiger partial charge in [-0.25, -0.2) is 0 Å². The van der Waals surface area contributed by atoms with Crippen LogP contribution in [0, 0.1) is 0 Å². The van der Waals surface area contributed by atoms with E-state index in [4.69, 9.17) is 0 Å². The topological polar surface area (TPSA) is 121 Å². The van der Waals surface area contributed by atoms with Crippen LogP contribution in [0.4, 0.5) is 0 Å². The highest BCUT2D eigenvalue weighted by molar-refractivity contribution is 8.04. The summed E-state index contributed by atoms with van der Waals surface area (Å²) in [5, 5.41) is 74.3. The summed E-state index contributed by atoms with van der Waals surface area (Å²) in [6, 6.07) is 28.5. The van der Waals surface area contributed by atoms with Gasteiger partial charge in [0.25, 0.3) is 0 Å². The number of aromatic hydroxyl groups is 6. The molecule has 11 aliphatic rings. The molecule has 0 amide bonds. The van der Waals surface area contributed by atoms with Crippen molar-refractivity contribution in [3.05, 3.63) is 173 Å². The van der Waals surface area contributed by atoms with Crippen molar-refractivity contribution in [3.63, 3.8) is 0 Å². The summed E-state index contributed by atoms with van der Waals surface area (Å²) < 4.78 is 0. The van der Waals surface area contributed by atoms with E-state index in [-0.39, 0.29) is 32.5 Å². The van der Waals surface area contributed by atoms with Gasteiger partial charge in [0.1, 0.15) is 34.5 Å². The second kappa shape index (κ2) is 53.9. The summed E-state index contributed by atoms with van der Waals surface area (Å²) in [6.07, 6.45) is 74.8. The fraction of sp³-hybridized carbons (Fsp3) is 0.727. The normalized spacial score (nSPS) is 24.1. The summed E-state index contributed by atoms with van der Waals surface area (Å²) in [7, 11) is 0. The van der Waals surface area contributed by atoms with Gasteiger partial charge < -0.3 is 30.6 Å². The van der Waals surface area contributed by atoms with E-state index in [0.29, 0.717) is 102 Å². The summed E-state index contributed by atoms with van der Waals surface area (Å²) in [5.41, 5.74) is 23.3. The Morgan fingerprint density at radius 1 is 0.201 bits per heavy atom. The maximum Gasteiger partial charge on any atom is 0.123 e. The molecule has 144 heavy (non-hydrogen) atoms. The maximum atomic E-state index is 11.9.